The van der Waals surface area contributed by atoms with Crippen LogP contribution in [0.25, 0.3) is 0 Å². The Bertz CT molecular complexity index is 915. The topological polar surface area (TPSA) is 76.5 Å². The molecule has 1 heterocycles. The van der Waals surface area contributed by atoms with Gasteiger partial charge in [0, 0.05) is 12.7 Å². The van der Waals surface area contributed by atoms with Crippen molar-refractivity contribution in [2.75, 3.05) is 16.8 Å². The summed E-state index contributed by atoms with van der Waals surface area (Å²) >= 11 is 0. The van der Waals surface area contributed by atoms with E-state index in [4.69, 9.17) is 4.74 Å². The molecule has 0 bridgehead atoms. The quantitative estimate of drug-likeness (QED) is 0.584. The summed E-state index contributed by atoms with van der Waals surface area (Å²) in [6.07, 6.45) is 2.45. The first-order valence-electron chi connectivity index (χ1n) is 9.59. The molecule has 0 aliphatic heterocycles. The maximum absolute atomic E-state index is 13.2. The van der Waals surface area contributed by atoms with Crippen molar-refractivity contribution in [3.63, 3.8) is 0 Å². The number of urea groups is 1. The van der Waals surface area contributed by atoms with Crippen LogP contribution in [0.15, 0.2) is 66.9 Å². The molecule has 0 spiro atoms. The van der Waals surface area contributed by atoms with Crippen LogP contribution < -0.4 is 10.2 Å². The van der Waals surface area contributed by atoms with Crippen molar-refractivity contribution in [3.8, 4) is 0 Å². The summed E-state index contributed by atoms with van der Waals surface area (Å²) in [7, 11) is 0. The highest BCUT2D eigenvalue weighted by atomic mass is 16.5. The average molecular weight is 392 g/mol. The Morgan fingerprint density at radius 3 is 2.10 bits per heavy atom. The third-order valence-electron chi connectivity index (χ3n) is 4.17. The lowest BCUT2D eigenvalue weighted by molar-refractivity contribution is 0.0527. The van der Waals surface area contributed by atoms with E-state index in [-0.39, 0.29) is 18.0 Å². The van der Waals surface area contributed by atoms with E-state index in [1.807, 2.05) is 67.6 Å². The number of hydrogen-bond donors (Lipinski definition) is 1. The van der Waals surface area contributed by atoms with Crippen molar-refractivity contribution in [2.45, 2.75) is 26.8 Å². The van der Waals surface area contributed by atoms with Crippen molar-refractivity contribution in [3.05, 3.63) is 72.4 Å². The van der Waals surface area contributed by atoms with Gasteiger partial charge >= 0.3 is 12.0 Å². The number of amides is 2. The Balaban J connectivity index is 1.95. The Hall–Kier alpha value is -3.61. The summed E-state index contributed by atoms with van der Waals surface area (Å²) in [6.45, 7) is 4.62. The third-order valence-corrected chi connectivity index (χ3v) is 4.17. The van der Waals surface area contributed by atoms with E-state index in [2.05, 4.69) is 10.4 Å². The minimum atomic E-state index is -0.517. The molecule has 3 rings (SSSR count). The average Bonchev–Trinajstić information content (AvgIpc) is 3.12. The molecule has 7 nitrogen and oxygen atoms in total. The zero-order valence-corrected chi connectivity index (χ0v) is 16.5. The lowest BCUT2D eigenvalue weighted by atomic mass is 10.2. The zero-order valence-electron chi connectivity index (χ0n) is 16.5. The number of rotatable bonds is 7. The van der Waals surface area contributed by atoms with Gasteiger partial charge in [0.25, 0.3) is 0 Å². The van der Waals surface area contributed by atoms with E-state index in [0.29, 0.717) is 17.9 Å². The lowest BCUT2D eigenvalue weighted by Crippen LogP contribution is -2.31. The summed E-state index contributed by atoms with van der Waals surface area (Å²) < 4.78 is 6.75. The Labute approximate surface area is 169 Å². The maximum Gasteiger partial charge on any atom is 0.343 e. The molecule has 0 unspecified atom stereocenters. The minimum absolute atomic E-state index is 0.179. The molecule has 2 aromatic carbocycles. The molecule has 150 valence electrons. The van der Waals surface area contributed by atoms with E-state index < -0.39 is 12.0 Å². The fraction of sp³-hybridized carbons (Fsp3) is 0.227. The number of benzene rings is 2. The largest absolute Gasteiger partial charge is 0.462 e. The molecule has 0 aliphatic carbocycles. The summed E-state index contributed by atoms with van der Waals surface area (Å²) in [5, 5.41) is 7.15. The van der Waals surface area contributed by atoms with Gasteiger partial charge in [0.15, 0.2) is 5.82 Å². The van der Waals surface area contributed by atoms with Crippen LogP contribution >= 0.6 is 0 Å². The Kier molecular flexibility index (Phi) is 6.63. The van der Waals surface area contributed by atoms with Crippen LogP contribution in [0.4, 0.5) is 22.0 Å². The van der Waals surface area contributed by atoms with Crippen LogP contribution in [-0.4, -0.2) is 28.4 Å². The molecule has 0 radical (unpaired) electrons. The summed E-state index contributed by atoms with van der Waals surface area (Å²) in [6, 6.07) is 18.2. The number of ether oxygens (including phenoxy) is 1. The lowest BCUT2D eigenvalue weighted by Gasteiger charge is -2.23. The number of aryl methyl sites for hydroxylation is 1. The van der Waals surface area contributed by atoms with Gasteiger partial charge in [0.1, 0.15) is 5.56 Å². The van der Waals surface area contributed by atoms with E-state index >= 15 is 0 Å². The molecule has 29 heavy (non-hydrogen) atoms. The number of anilines is 3. The van der Waals surface area contributed by atoms with Crippen molar-refractivity contribution < 1.29 is 14.3 Å². The van der Waals surface area contributed by atoms with Gasteiger partial charge in [-0.05, 0) is 37.6 Å². The smallest absolute Gasteiger partial charge is 0.343 e. The van der Waals surface area contributed by atoms with Crippen molar-refractivity contribution in [1.29, 1.82) is 0 Å². The molecule has 1 N–H and O–H groups in total. The zero-order chi connectivity index (χ0) is 20.6. The van der Waals surface area contributed by atoms with Crippen LogP contribution in [0.3, 0.4) is 0 Å². The highest BCUT2D eigenvalue weighted by Gasteiger charge is 2.23. The molecule has 0 atom stereocenters. The predicted octanol–water partition coefficient (Wildman–Crippen LogP) is 4.84. The fourth-order valence-electron chi connectivity index (χ4n) is 2.91. The maximum atomic E-state index is 13.2. The van der Waals surface area contributed by atoms with E-state index in [0.717, 1.165) is 6.42 Å². The van der Waals surface area contributed by atoms with Crippen molar-refractivity contribution >= 4 is 29.2 Å². The molecule has 2 amide bonds. The molecule has 7 heteroatoms. The molecule has 0 saturated carbocycles. The second kappa shape index (κ2) is 9.54. The van der Waals surface area contributed by atoms with Gasteiger partial charge < -0.3 is 4.74 Å². The van der Waals surface area contributed by atoms with Crippen LogP contribution in [0.5, 0.6) is 0 Å². The standard InChI is InChI=1S/C22H24N4O3/c1-3-15-25-16-19(21(27)29-4-2)20(24-25)23-22(28)26(17-11-7-5-8-12-17)18-13-9-6-10-14-18/h5-14,16H,3-4,15H2,1-2H3,(H,23,24,28). The van der Waals surface area contributed by atoms with Gasteiger partial charge in [-0.1, -0.05) is 43.3 Å². The van der Waals surface area contributed by atoms with Crippen molar-refractivity contribution in [2.24, 2.45) is 0 Å². The summed E-state index contributed by atoms with van der Waals surface area (Å²) in [5.41, 5.74) is 1.62. The second-order valence-corrected chi connectivity index (χ2v) is 6.31. The van der Waals surface area contributed by atoms with E-state index in [1.165, 1.54) is 4.90 Å². The van der Waals surface area contributed by atoms with E-state index in [9.17, 15) is 9.59 Å². The fourth-order valence-corrected chi connectivity index (χ4v) is 2.91. The predicted molar refractivity (Wildman–Crippen MR) is 113 cm³/mol. The first kappa shape index (κ1) is 20.1. The molecule has 1 aromatic heterocycles. The van der Waals surface area contributed by atoms with Gasteiger partial charge in [-0.2, -0.15) is 5.10 Å². The molecule has 0 aliphatic rings. The number of carbonyl (C=O) groups excluding carboxylic acids is 2. The van der Waals surface area contributed by atoms with Gasteiger partial charge in [0.2, 0.25) is 0 Å². The molecular formula is C22H24N4O3. The first-order valence-corrected chi connectivity index (χ1v) is 9.59. The van der Waals surface area contributed by atoms with E-state index in [1.54, 1.807) is 17.8 Å². The molecule has 3 aromatic rings. The van der Waals surface area contributed by atoms with Crippen LogP contribution in [0.2, 0.25) is 0 Å². The number of carbonyl (C=O) groups is 2. The van der Waals surface area contributed by atoms with Crippen LogP contribution in [-0.2, 0) is 11.3 Å². The monoisotopic (exact) mass is 392 g/mol. The van der Waals surface area contributed by atoms with Crippen LogP contribution in [0, 0.1) is 0 Å². The minimum Gasteiger partial charge on any atom is -0.462 e. The van der Waals surface area contributed by atoms with Gasteiger partial charge in [0.05, 0.1) is 18.0 Å². The number of hydrogen-bond acceptors (Lipinski definition) is 4. The first-order chi connectivity index (χ1) is 14.1. The summed E-state index contributed by atoms with van der Waals surface area (Å²) in [5.74, 6) is -0.338. The van der Waals surface area contributed by atoms with Gasteiger partial charge in [-0.25, -0.2) is 9.59 Å². The molecule has 0 saturated heterocycles. The highest BCUT2D eigenvalue weighted by molar-refractivity contribution is 6.09. The second-order valence-electron chi connectivity index (χ2n) is 6.31. The molecule has 0 fully saturated rings. The highest BCUT2D eigenvalue weighted by Crippen LogP contribution is 2.26. The Morgan fingerprint density at radius 2 is 1.59 bits per heavy atom. The Morgan fingerprint density at radius 1 is 1.00 bits per heavy atom. The number of nitrogens with one attached hydrogen (secondary N) is 1. The number of para-hydroxylation sites is 2. The van der Waals surface area contributed by atoms with Gasteiger partial charge in [-0.3, -0.25) is 14.9 Å². The van der Waals surface area contributed by atoms with Crippen LogP contribution in [0.1, 0.15) is 30.6 Å². The SMILES string of the molecule is CCCn1cc(C(=O)OCC)c(NC(=O)N(c2ccccc2)c2ccccc2)n1. The van der Waals surface area contributed by atoms with Crippen molar-refractivity contribution in [1.82, 2.24) is 9.78 Å². The number of nitrogens with zero attached hydrogens (tertiary/aromatic N) is 3. The van der Waals surface area contributed by atoms with Gasteiger partial charge in [-0.15, -0.1) is 0 Å². The summed E-state index contributed by atoms with van der Waals surface area (Å²) in [4.78, 5) is 27.1. The third kappa shape index (κ3) is 4.82. The number of esters is 1. The normalized spacial score (nSPS) is 10.4. The number of aromatic nitrogens is 2. The molecular weight excluding hydrogens is 368 g/mol.